The summed E-state index contributed by atoms with van der Waals surface area (Å²) in [4.78, 5) is 2.43. The van der Waals surface area contributed by atoms with E-state index in [1.165, 1.54) is 19.4 Å². The average Bonchev–Trinajstić information content (AvgIpc) is 2.08. The Balaban J connectivity index is 3.83. The Bertz CT molecular complexity index is 170. The second-order valence-electron chi connectivity index (χ2n) is 6.82. The maximum atomic E-state index is 5.82. The van der Waals surface area contributed by atoms with Crippen LogP contribution in [0.25, 0.3) is 0 Å². The molecule has 0 saturated heterocycles. The minimum absolute atomic E-state index is 0.394. The van der Waals surface area contributed by atoms with E-state index in [0.29, 0.717) is 11.3 Å². The molecule has 0 amide bonds. The molecular weight excluding hydrogens is 196 g/mol. The van der Waals surface area contributed by atoms with Gasteiger partial charge in [0.15, 0.2) is 0 Å². The number of nitrogens with zero attached hydrogens (tertiary/aromatic N) is 1. The quantitative estimate of drug-likeness (QED) is 0.726. The van der Waals surface area contributed by atoms with Crippen molar-refractivity contribution in [1.29, 1.82) is 0 Å². The van der Waals surface area contributed by atoms with Gasteiger partial charge in [0.05, 0.1) is 0 Å². The second-order valence-corrected chi connectivity index (χ2v) is 6.82. The van der Waals surface area contributed by atoms with Crippen LogP contribution in [0, 0.1) is 17.3 Å². The monoisotopic (exact) mass is 228 g/mol. The van der Waals surface area contributed by atoms with E-state index in [2.05, 4.69) is 46.6 Å². The smallest absolute Gasteiger partial charge is 0.00270 e. The lowest BCUT2D eigenvalue weighted by Crippen LogP contribution is -2.32. The van der Waals surface area contributed by atoms with Gasteiger partial charge in [0.1, 0.15) is 0 Å². The maximum absolute atomic E-state index is 5.82. The van der Waals surface area contributed by atoms with E-state index in [9.17, 15) is 0 Å². The molecule has 0 aromatic rings. The summed E-state index contributed by atoms with van der Waals surface area (Å²) in [5, 5.41) is 0. The summed E-state index contributed by atoms with van der Waals surface area (Å²) >= 11 is 0. The van der Waals surface area contributed by atoms with Gasteiger partial charge < -0.3 is 10.6 Å². The molecule has 0 spiro atoms. The molecule has 0 aliphatic heterocycles. The number of rotatable bonds is 7. The molecule has 1 atom stereocenters. The van der Waals surface area contributed by atoms with Crippen LogP contribution in [-0.2, 0) is 0 Å². The summed E-state index contributed by atoms with van der Waals surface area (Å²) in [5.41, 5.74) is 6.21. The van der Waals surface area contributed by atoms with Crippen molar-refractivity contribution in [1.82, 2.24) is 4.90 Å². The molecule has 2 nitrogen and oxygen atoms in total. The lowest BCUT2D eigenvalue weighted by atomic mass is 9.93. The van der Waals surface area contributed by atoms with Gasteiger partial charge in [-0.1, -0.05) is 34.6 Å². The highest BCUT2D eigenvalue weighted by molar-refractivity contribution is 4.69. The van der Waals surface area contributed by atoms with E-state index in [-0.39, 0.29) is 0 Å². The van der Waals surface area contributed by atoms with Crippen molar-refractivity contribution in [2.24, 2.45) is 23.0 Å². The summed E-state index contributed by atoms with van der Waals surface area (Å²) in [6.07, 6.45) is 2.50. The summed E-state index contributed by atoms with van der Waals surface area (Å²) < 4.78 is 0. The molecule has 0 aromatic heterocycles. The normalized spacial score (nSPS) is 14.8. The lowest BCUT2D eigenvalue weighted by molar-refractivity contribution is 0.210. The lowest BCUT2D eigenvalue weighted by Gasteiger charge is -2.28. The molecule has 0 rings (SSSR count). The van der Waals surface area contributed by atoms with Crippen LogP contribution in [0.5, 0.6) is 0 Å². The zero-order chi connectivity index (χ0) is 12.8. The first-order valence-electron chi connectivity index (χ1n) is 6.63. The Labute approximate surface area is 103 Å². The zero-order valence-corrected chi connectivity index (χ0v) is 12.2. The van der Waals surface area contributed by atoms with E-state index in [1.807, 2.05) is 0 Å². The highest BCUT2D eigenvalue weighted by Gasteiger charge is 2.15. The van der Waals surface area contributed by atoms with Crippen molar-refractivity contribution < 1.29 is 0 Å². The van der Waals surface area contributed by atoms with Gasteiger partial charge in [0.25, 0.3) is 0 Å². The average molecular weight is 228 g/mol. The number of nitrogens with two attached hydrogens (primary N) is 1. The Morgan fingerprint density at radius 2 is 1.75 bits per heavy atom. The Morgan fingerprint density at radius 3 is 2.12 bits per heavy atom. The van der Waals surface area contributed by atoms with Crippen molar-refractivity contribution in [2.45, 2.75) is 47.5 Å². The van der Waals surface area contributed by atoms with Crippen LogP contribution in [-0.4, -0.2) is 31.6 Å². The van der Waals surface area contributed by atoms with Crippen LogP contribution >= 0.6 is 0 Å². The van der Waals surface area contributed by atoms with Crippen LogP contribution in [0.3, 0.4) is 0 Å². The van der Waals surface area contributed by atoms with Crippen LogP contribution in [0.2, 0.25) is 0 Å². The van der Waals surface area contributed by atoms with Gasteiger partial charge in [-0.2, -0.15) is 0 Å². The molecule has 98 valence electrons. The molecule has 2 heteroatoms. The maximum Gasteiger partial charge on any atom is 0.00270 e. The van der Waals surface area contributed by atoms with E-state index in [0.717, 1.165) is 19.0 Å². The predicted molar refractivity (Wildman–Crippen MR) is 73.6 cm³/mol. The number of hydrogen-bond donors (Lipinski definition) is 1. The van der Waals surface area contributed by atoms with Gasteiger partial charge in [-0.25, -0.2) is 0 Å². The van der Waals surface area contributed by atoms with E-state index in [4.69, 9.17) is 5.73 Å². The molecular formula is C14H32N2. The Hall–Kier alpha value is -0.0800. The highest BCUT2D eigenvalue weighted by atomic mass is 15.1. The first-order valence-corrected chi connectivity index (χ1v) is 6.63. The SMILES string of the molecule is CC(C)CC(CN)CCN(C)CC(C)(C)C. The molecule has 0 saturated carbocycles. The van der Waals surface area contributed by atoms with Crippen molar-refractivity contribution in [3.8, 4) is 0 Å². The third kappa shape index (κ3) is 9.17. The molecule has 0 aromatic carbocycles. The largest absolute Gasteiger partial charge is 0.330 e. The van der Waals surface area contributed by atoms with Gasteiger partial charge in [0.2, 0.25) is 0 Å². The standard InChI is InChI=1S/C14H32N2/c1-12(2)9-13(10-15)7-8-16(6)11-14(3,4)5/h12-13H,7-11,15H2,1-6H3. The minimum atomic E-state index is 0.394. The van der Waals surface area contributed by atoms with E-state index >= 15 is 0 Å². The Morgan fingerprint density at radius 1 is 1.19 bits per heavy atom. The van der Waals surface area contributed by atoms with E-state index in [1.54, 1.807) is 0 Å². The fourth-order valence-electron chi connectivity index (χ4n) is 2.29. The van der Waals surface area contributed by atoms with Crippen LogP contribution in [0.1, 0.15) is 47.5 Å². The van der Waals surface area contributed by atoms with Crippen molar-refractivity contribution in [2.75, 3.05) is 26.7 Å². The van der Waals surface area contributed by atoms with E-state index < -0.39 is 0 Å². The summed E-state index contributed by atoms with van der Waals surface area (Å²) in [7, 11) is 2.22. The fraction of sp³-hybridized carbons (Fsp3) is 1.00. The molecule has 2 N–H and O–H groups in total. The zero-order valence-electron chi connectivity index (χ0n) is 12.2. The second kappa shape index (κ2) is 7.29. The minimum Gasteiger partial charge on any atom is -0.330 e. The third-order valence-corrected chi connectivity index (χ3v) is 2.80. The molecule has 0 bridgehead atoms. The molecule has 0 fully saturated rings. The summed E-state index contributed by atoms with van der Waals surface area (Å²) in [6.45, 7) is 14.6. The molecule has 1 unspecified atom stereocenters. The van der Waals surface area contributed by atoms with Crippen LogP contribution in [0.15, 0.2) is 0 Å². The molecule has 16 heavy (non-hydrogen) atoms. The molecule has 0 aliphatic rings. The fourth-order valence-corrected chi connectivity index (χ4v) is 2.29. The first kappa shape index (κ1) is 15.9. The van der Waals surface area contributed by atoms with Gasteiger partial charge >= 0.3 is 0 Å². The molecule has 0 heterocycles. The summed E-state index contributed by atoms with van der Waals surface area (Å²) in [5.74, 6) is 1.46. The number of hydrogen-bond acceptors (Lipinski definition) is 2. The molecule has 0 radical (unpaired) electrons. The Kier molecular flexibility index (Phi) is 7.25. The van der Waals surface area contributed by atoms with Gasteiger partial charge in [-0.05, 0) is 50.2 Å². The topological polar surface area (TPSA) is 29.3 Å². The van der Waals surface area contributed by atoms with Crippen molar-refractivity contribution >= 4 is 0 Å². The van der Waals surface area contributed by atoms with Crippen molar-refractivity contribution in [3.05, 3.63) is 0 Å². The van der Waals surface area contributed by atoms with Gasteiger partial charge in [-0.15, -0.1) is 0 Å². The summed E-state index contributed by atoms with van der Waals surface area (Å²) in [6, 6.07) is 0. The first-order chi connectivity index (χ1) is 7.24. The third-order valence-electron chi connectivity index (χ3n) is 2.80. The molecule has 0 aliphatic carbocycles. The van der Waals surface area contributed by atoms with Crippen LogP contribution in [0.4, 0.5) is 0 Å². The van der Waals surface area contributed by atoms with Gasteiger partial charge in [0, 0.05) is 6.54 Å². The highest BCUT2D eigenvalue weighted by Crippen LogP contribution is 2.17. The van der Waals surface area contributed by atoms with Crippen molar-refractivity contribution in [3.63, 3.8) is 0 Å². The predicted octanol–water partition coefficient (Wildman–Crippen LogP) is 2.98. The van der Waals surface area contributed by atoms with Gasteiger partial charge in [-0.3, -0.25) is 0 Å². The van der Waals surface area contributed by atoms with Crippen LogP contribution < -0.4 is 5.73 Å².